The van der Waals surface area contributed by atoms with E-state index in [4.69, 9.17) is 0 Å². The average Bonchev–Trinajstić information content (AvgIpc) is 2.74. The number of nitrogens with one attached hydrogen (secondary N) is 1. The number of rotatable bonds is 8. The number of sulfonamides is 1. The largest absolute Gasteiger partial charge is 0.351 e. The van der Waals surface area contributed by atoms with Crippen molar-refractivity contribution in [2.75, 3.05) is 44.7 Å². The molecule has 0 aliphatic carbocycles. The van der Waals surface area contributed by atoms with Crippen LogP contribution in [0.3, 0.4) is 0 Å². The van der Waals surface area contributed by atoms with Crippen LogP contribution in [0, 0.1) is 0 Å². The Labute approximate surface area is 189 Å². The molecule has 0 aromatic heterocycles. The highest BCUT2D eigenvalue weighted by Crippen LogP contribution is 2.19. The number of nitrogens with zero attached hydrogens (tertiary/aromatic N) is 2. The predicted octanol–water partition coefficient (Wildman–Crippen LogP) is 2.71. The molecule has 0 saturated carbocycles. The molecule has 0 bridgehead atoms. The molecule has 1 fully saturated rings. The maximum absolute atomic E-state index is 12.6. The maximum Gasteiger partial charge on any atom is 0.252 e. The van der Waals surface area contributed by atoms with Crippen molar-refractivity contribution in [2.24, 2.45) is 0 Å². The van der Waals surface area contributed by atoms with Gasteiger partial charge in [-0.2, -0.15) is 4.31 Å². The van der Waals surface area contributed by atoms with Crippen molar-refractivity contribution < 1.29 is 13.2 Å². The number of piperazine rings is 1. The summed E-state index contributed by atoms with van der Waals surface area (Å²) in [7, 11) is -3.39. The molecule has 3 rings (SSSR count). The van der Waals surface area contributed by atoms with E-state index in [1.165, 1.54) is 21.6 Å². The van der Waals surface area contributed by atoms with E-state index in [1.807, 2.05) is 36.6 Å². The fourth-order valence-corrected chi connectivity index (χ4v) is 5.29. The van der Waals surface area contributed by atoms with Crippen LogP contribution in [-0.2, 0) is 16.6 Å². The molecule has 1 amide bonds. The van der Waals surface area contributed by atoms with E-state index in [1.54, 1.807) is 12.1 Å². The minimum atomic E-state index is -3.39. The Morgan fingerprint density at radius 3 is 2.30 bits per heavy atom. The highest BCUT2D eigenvalue weighted by Gasteiger charge is 2.26. The molecule has 1 heterocycles. The van der Waals surface area contributed by atoms with E-state index in [9.17, 15) is 13.2 Å². The lowest BCUT2D eigenvalue weighted by molar-refractivity contribution is 0.0953. The van der Waals surface area contributed by atoms with E-state index in [-0.39, 0.29) is 30.6 Å². The molecule has 0 spiro atoms. The summed E-state index contributed by atoms with van der Waals surface area (Å²) in [5, 5.41) is 2.74. The van der Waals surface area contributed by atoms with Gasteiger partial charge in [0.2, 0.25) is 10.0 Å². The van der Waals surface area contributed by atoms with Crippen molar-refractivity contribution in [3.63, 3.8) is 0 Å². The summed E-state index contributed by atoms with van der Waals surface area (Å²) < 4.78 is 26.8. The molecular formula is C21H28ClN3O3S2. The predicted molar refractivity (Wildman–Crippen MR) is 125 cm³/mol. The van der Waals surface area contributed by atoms with Gasteiger partial charge in [-0.05, 0) is 24.0 Å². The van der Waals surface area contributed by atoms with Gasteiger partial charge in [0.05, 0.1) is 11.3 Å². The van der Waals surface area contributed by atoms with Gasteiger partial charge >= 0.3 is 0 Å². The number of carbonyl (C=O) groups excluding carboxylic acids is 1. The summed E-state index contributed by atoms with van der Waals surface area (Å²) in [5.41, 5.74) is 1.81. The summed E-state index contributed by atoms with van der Waals surface area (Å²) in [4.78, 5) is 15.5. The topological polar surface area (TPSA) is 69.7 Å². The monoisotopic (exact) mass is 469 g/mol. The molecule has 1 aliphatic rings. The Morgan fingerprint density at radius 1 is 1.00 bits per heavy atom. The summed E-state index contributed by atoms with van der Waals surface area (Å²) >= 11 is 1.49. The van der Waals surface area contributed by atoms with Crippen molar-refractivity contribution in [2.45, 2.75) is 11.4 Å². The summed E-state index contributed by atoms with van der Waals surface area (Å²) in [5.74, 6) is -0.323. The molecule has 9 heteroatoms. The van der Waals surface area contributed by atoms with Crippen LogP contribution in [-0.4, -0.2) is 68.3 Å². The quantitative estimate of drug-likeness (QED) is 0.602. The molecule has 1 N–H and O–H groups in total. The van der Waals surface area contributed by atoms with Gasteiger partial charge in [-0.25, -0.2) is 8.42 Å². The molecule has 0 unspecified atom stereocenters. The zero-order valence-corrected chi connectivity index (χ0v) is 19.4. The minimum absolute atomic E-state index is 0. The Balaban J connectivity index is 0.00000320. The zero-order valence-electron chi connectivity index (χ0n) is 17.0. The molecule has 0 radical (unpaired) electrons. The van der Waals surface area contributed by atoms with Crippen LogP contribution in [0.5, 0.6) is 0 Å². The summed E-state index contributed by atoms with van der Waals surface area (Å²) in [6.07, 6.45) is 1.91. The van der Waals surface area contributed by atoms with E-state index >= 15 is 0 Å². The number of halogens is 1. The van der Waals surface area contributed by atoms with Crippen LogP contribution in [0.25, 0.3) is 0 Å². The summed E-state index contributed by atoms with van der Waals surface area (Å²) in [6.45, 7) is 3.33. The molecular weight excluding hydrogens is 442 g/mol. The number of benzene rings is 2. The Hall–Kier alpha value is -1.58. The maximum atomic E-state index is 12.6. The van der Waals surface area contributed by atoms with E-state index in [0.29, 0.717) is 31.7 Å². The second-order valence-electron chi connectivity index (χ2n) is 6.93. The lowest BCUT2D eigenvalue weighted by Crippen LogP contribution is -2.49. The number of thioether (sulfide) groups is 1. The van der Waals surface area contributed by atoms with Gasteiger partial charge in [0.25, 0.3) is 5.91 Å². The number of hydrogen-bond donors (Lipinski definition) is 1. The van der Waals surface area contributed by atoms with Gasteiger partial charge in [-0.15, -0.1) is 24.2 Å². The second-order valence-corrected chi connectivity index (χ2v) is 9.87. The van der Waals surface area contributed by atoms with Crippen LogP contribution in [0.4, 0.5) is 0 Å². The smallest absolute Gasteiger partial charge is 0.252 e. The van der Waals surface area contributed by atoms with Crippen LogP contribution in [0.2, 0.25) is 0 Å². The third kappa shape index (κ3) is 6.72. The zero-order chi connectivity index (χ0) is 20.7. The molecule has 1 aliphatic heterocycles. The molecule has 2 aromatic rings. The van der Waals surface area contributed by atoms with Crippen molar-refractivity contribution in [1.29, 1.82) is 0 Å². The molecule has 0 atom stereocenters. The average molecular weight is 470 g/mol. The summed E-state index contributed by atoms with van der Waals surface area (Å²) in [6, 6.07) is 17.5. The first-order valence-corrected chi connectivity index (χ1v) is 12.5. The second kappa shape index (κ2) is 11.7. The number of carbonyl (C=O) groups is 1. The lowest BCUT2D eigenvalue weighted by atomic mass is 10.2. The van der Waals surface area contributed by atoms with Gasteiger partial charge in [0.15, 0.2) is 0 Å². The Bertz CT molecular complexity index is 918. The SMILES string of the molecule is CSc1ccccc1C(=O)NCCS(=O)(=O)N1CCN(Cc2ccccc2)CC1.Cl. The molecule has 6 nitrogen and oxygen atoms in total. The van der Waals surface area contributed by atoms with E-state index in [2.05, 4.69) is 22.3 Å². The normalized spacial score (nSPS) is 15.4. The first-order chi connectivity index (χ1) is 14.0. The van der Waals surface area contributed by atoms with Crippen LogP contribution >= 0.6 is 24.2 Å². The van der Waals surface area contributed by atoms with Crippen molar-refractivity contribution in [1.82, 2.24) is 14.5 Å². The molecule has 2 aromatic carbocycles. The first-order valence-electron chi connectivity index (χ1n) is 9.65. The molecule has 30 heavy (non-hydrogen) atoms. The van der Waals surface area contributed by atoms with Gasteiger partial charge in [-0.3, -0.25) is 9.69 Å². The van der Waals surface area contributed by atoms with E-state index in [0.717, 1.165) is 11.4 Å². The van der Waals surface area contributed by atoms with Gasteiger partial charge < -0.3 is 5.32 Å². The van der Waals surface area contributed by atoms with E-state index < -0.39 is 10.0 Å². The van der Waals surface area contributed by atoms with Crippen LogP contribution in [0.1, 0.15) is 15.9 Å². The van der Waals surface area contributed by atoms with Gasteiger partial charge in [-0.1, -0.05) is 42.5 Å². The van der Waals surface area contributed by atoms with Gasteiger partial charge in [0, 0.05) is 44.2 Å². The third-order valence-electron chi connectivity index (χ3n) is 4.97. The molecule has 1 saturated heterocycles. The Kier molecular flexibility index (Phi) is 9.64. The fraction of sp³-hybridized carbons (Fsp3) is 0.381. The van der Waals surface area contributed by atoms with Crippen LogP contribution < -0.4 is 5.32 Å². The van der Waals surface area contributed by atoms with Crippen molar-refractivity contribution in [3.05, 3.63) is 65.7 Å². The number of hydrogen-bond acceptors (Lipinski definition) is 5. The third-order valence-corrected chi connectivity index (χ3v) is 7.64. The van der Waals surface area contributed by atoms with Gasteiger partial charge in [0.1, 0.15) is 0 Å². The highest BCUT2D eigenvalue weighted by atomic mass is 35.5. The standard InChI is InChI=1S/C21H27N3O3S2.ClH/c1-28-20-10-6-5-9-19(20)21(25)22-11-16-29(26,27)24-14-12-23(13-15-24)17-18-7-3-2-4-8-18;/h2-10H,11-17H2,1H3,(H,22,25);1H. The van der Waals surface area contributed by atoms with Crippen molar-refractivity contribution >= 4 is 40.1 Å². The number of amides is 1. The minimum Gasteiger partial charge on any atom is -0.351 e. The Morgan fingerprint density at radius 2 is 1.63 bits per heavy atom. The fourth-order valence-electron chi connectivity index (χ4n) is 3.36. The molecule has 164 valence electrons. The highest BCUT2D eigenvalue weighted by molar-refractivity contribution is 7.98. The van der Waals surface area contributed by atoms with Crippen LogP contribution in [0.15, 0.2) is 59.5 Å². The lowest BCUT2D eigenvalue weighted by Gasteiger charge is -2.34. The van der Waals surface area contributed by atoms with Crippen molar-refractivity contribution in [3.8, 4) is 0 Å². The first kappa shape index (κ1) is 24.7.